The average molecular weight is 299 g/mol. The fraction of sp³-hybridized carbons (Fsp3) is 0.867. The van der Waals surface area contributed by atoms with Crippen LogP contribution >= 0.6 is 0 Å². The van der Waals surface area contributed by atoms with Crippen molar-refractivity contribution in [2.75, 3.05) is 26.2 Å². The van der Waals surface area contributed by atoms with Crippen LogP contribution in [0.25, 0.3) is 0 Å². The Kier molecular flexibility index (Phi) is 7.93. The lowest BCUT2D eigenvalue weighted by molar-refractivity contribution is 0.0957. The molecule has 1 aliphatic rings. The predicted molar refractivity (Wildman–Crippen MR) is 82.2 cm³/mol. The first-order chi connectivity index (χ1) is 10.1. The molecule has 1 fully saturated rings. The van der Waals surface area contributed by atoms with Crippen molar-refractivity contribution < 1.29 is 14.3 Å². The molecule has 122 valence electrons. The first-order valence-electron chi connectivity index (χ1n) is 8.06. The molecule has 1 heterocycles. The maximum atomic E-state index is 11.8. The Balaban J connectivity index is 2.22. The molecule has 1 aliphatic heterocycles. The second-order valence-electron chi connectivity index (χ2n) is 5.50. The van der Waals surface area contributed by atoms with Crippen molar-refractivity contribution in [1.29, 1.82) is 0 Å². The topological polar surface area (TPSA) is 70.7 Å². The molecule has 0 unspecified atom stereocenters. The quantitative estimate of drug-likeness (QED) is 0.791. The van der Waals surface area contributed by atoms with E-state index in [0.29, 0.717) is 25.6 Å². The van der Waals surface area contributed by atoms with Gasteiger partial charge in [-0.2, -0.15) is 0 Å². The van der Waals surface area contributed by atoms with Gasteiger partial charge < -0.3 is 20.3 Å². The third-order valence-corrected chi connectivity index (χ3v) is 4.06. The summed E-state index contributed by atoms with van der Waals surface area (Å²) < 4.78 is 4.97. The monoisotopic (exact) mass is 299 g/mol. The minimum Gasteiger partial charge on any atom is -0.450 e. The van der Waals surface area contributed by atoms with Crippen LogP contribution in [0.1, 0.15) is 46.5 Å². The number of rotatable bonds is 6. The molecule has 0 atom stereocenters. The number of carbonyl (C=O) groups excluding carboxylic acids is 2. The normalized spacial score (nSPS) is 15.9. The number of likely N-dealkylation sites (tertiary alicyclic amines) is 1. The molecule has 0 radical (unpaired) electrons. The van der Waals surface area contributed by atoms with Crippen molar-refractivity contribution in [3.05, 3.63) is 0 Å². The lowest BCUT2D eigenvalue weighted by Gasteiger charge is -2.31. The fourth-order valence-electron chi connectivity index (χ4n) is 2.47. The van der Waals surface area contributed by atoms with Gasteiger partial charge in [-0.1, -0.05) is 26.7 Å². The van der Waals surface area contributed by atoms with Crippen LogP contribution in [0.2, 0.25) is 0 Å². The first-order valence-corrected chi connectivity index (χ1v) is 8.06. The molecule has 0 aliphatic carbocycles. The highest BCUT2D eigenvalue weighted by molar-refractivity contribution is 5.74. The number of nitrogens with one attached hydrogen (secondary N) is 2. The molecule has 0 aromatic rings. The van der Waals surface area contributed by atoms with Gasteiger partial charge in [0.15, 0.2) is 0 Å². The van der Waals surface area contributed by atoms with Crippen LogP contribution in [0.5, 0.6) is 0 Å². The largest absolute Gasteiger partial charge is 0.450 e. The van der Waals surface area contributed by atoms with Gasteiger partial charge in [0.2, 0.25) is 0 Å². The van der Waals surface area contributed by atoms with Crippen molar-refractivity contribution in [2.24, 2.45) is 5.92 Å². The van der Waals surface area contributed by atoms with E-state index in [-0.39, 0.29) is 18.2 Å². The van der Waals surface area contributed by atoms with Gasteiger partial charge in [0, 0.05) is 25.7 Å². The lowest BCUT2D eigenvalue weighted by Crippen LogP contribution is -2.49. The van der Waals surface area contributed by atoms with Crippen molar-refractivity contribution >= 4 is 12.1 Å². The van der Waals surface area contributed by atoms with E-state index in [1.807, 2.05) is 0 Å². The van der Waals surface area contributed by atoms with Crippen LogP contribution in [0, 0.1) is 5.92 Å². The van der Waals surface area contributed by atoms with Crippen LogP contribution in [0.3, 0.4) is 0 Å². The van der Waals surface area contributed by atoms with E-state index in [1.165, 1.54) is 0 Å². The number of hydrogen-bond donors (Lipinski definition) is 2. The van der Waals surface area contributed by atoms with Crippen LogP contribution < -0.4 is 10.6 Å². The molecule has 6 heteroatoms. The molecular weight excluding hydrogens is 270 g/mol. The Morgan fingerprint density at radius 1 is 1.19 bits per heavy atom. The summed E-state index contributed by atoms with van der Waals surface area (Å²) in [5.41, 5.74) is 0. The molecule has 0 saturated carbocycles. The Hall–Kier alpha value is -1.46. The Labute approximate surface area is 127 Å². The predicted octanol–water partition coefficient (Wildman–Crippen LogP) is 2.34. The lowest BCUT2D eigenvalue weighted by atomic mass is 10.0. The number of carbonyl (C=O) groups is 2. The van der Waals surface area contributed by atoms with Gasteiger partial charge in [-0.3, -0.25) is 0 Å². The van der Waals surface area contributed by atoms with E-state index in [0.717, 1.165) is 32.2 Å². The van der Waals surface area contributed by atoms with E-state index in [4.69, 9.17) is 4.74 Å². The second-order valence-corrected chi connectivity index (χ2v) is 5.50. The summed E-state index contributed by atoms with van der Waals surface area (Å²) in [5, 5.41) is 5.92. The summed E-state index contributed by atoms with van der Waals surface area (Å²) in [6.07, 6.45) is 3.45. The summed E-state index contributed by atoms with van der Waals surface area (Å²) in [7, 11) is 0. The molecule has 1 rings (SSSR count). The second kappa shape index (κ2) is 9.47. The summed E-state index contributed by atoms with van der Waals surface area (Å²) in [4.78, 5) is 25.1. The van der Waals surface area contributed by atoms with Crippen molar-refractivity contribution in [3.63, 3.8) is 0 Å². The Bertz CT molecular complexity index is 324. The molecular formula is C15H29N3O3. The highest BCUT2D eigenvalue weighted by atomic mass is 16.6. The Morgan fingerprint density at radius 2 is 1.81 bits per heavy atom. The standard InChI is InChI=1S/C15H29N3O3/c1-4-12(5-2)11-16-14(19)17-13-7-9-18(10-8-13)15(20)21-6-3/h12-13H,4-11H2,1-3H3,(H2,16,17,19). The van der Waals surface area contributed by atoms with Crippen molar-refractivity contribution in [3.8, 4) is 0 Å². The van der Waals surface area contributed by atoms with E-state index in [2.05, 4.69) is 24.5 Å². The number of ether oxygens (including phenoxy) is 1. The highest BCUT2D eigenvalue weighted by Crippen LogP contribution is 2.11. The van der Waals surface area contributed by atoms with Gasteiger partial charge in [-0.05, 0) is 25.7 Å². The zero-order valence-electron chi connectivity index (χ0n) is 13.5. The van der Waals surface area contributed by atoms with Crippen molar-refractivity contribution in [2.45, 2.75) is 52.5 Å². The van der Waals surface area contributed by atoms with Gasteiger partial charge in [0.1, 0.15) is 0 Å². The molecule has 0 bridgehead atoms. The molecule has 0 aromatic carbocycles. The van der Waals surface area contributed by atoms with Crippen LogP contribution in [-0.2, 0) is 4.74 Å². The van der Waals surface area contributed by atoms with Crippen LogP contribution in [-0.4, -0.2) is 49.3 Å². The minimum atomic E-state index is -0.255. The molecule has 6 nitrogen and oxygen atoms in total. The number of nitrogens with zero attached hydrogens (tertiary/aromatic N) is 1. The van der Waals surface area contributed by atoms with Gasteiger partial charge in [-0.15, -0.1) is 0 Å². The van der Waals surface area contributed by atoms with Crippen molar-refractivity contribution in [1.82, 2.24) is 15.5 Å². The third-order valence-electron chi connectivity index (χ3n) is 4.06. The maximum Gasteiger partial charge on any atom is 0.409 e. The highest BCUT2D eigenvalue weighted by Gasteiger charge is 2.24. The summed E-state index contributed by atoms with van der Waals surface area (Å²) in [5.74, 6) is 0.543. The molecule has 2 N–H and O–H groups in total. The molecule has 0 aromatic heterocycles. The first kappa shape index (κ1) is 17.6. The van der Waals surface area contributed by atoms with Gasteiger partial charge in [0.25, 0.3) is 0 Å². The van der Waals surface area contributed by atoms with E-state index < -0.39 is 0 Å². The zero-order chi connectivity index (χ0) is 15.7. The summed E-state index contributed by atoms with van der Waals surface area (Å²) in [6.45, 7) is 8.47. The summed E-state index contributed by atoms with van der Waals surface area (Å²) >= 11 is 0. The molecule has 0 spiro atoms. The SMILES string of the molecule is CCOC(=O)N1CCC(NC(=O)NCC(CC)CC)CC1. The van der Waals surface area contributed by atoms with Crippen LogP contribution in [0.4, 0.5) is 9.59 Å². The number of urea groups is 1. The number of hydrogen-bond acceptors (Lipinski definition) is 3. The van der Waals surface area contributed by atoms with Crippen LogP contribution in [0.15, 0.2) is 0 Å². The van der Waals surface area contributed by atoms with Gasteiger partial charge in [0.05, 0.1) is 6.61 Å². The van der Waals surface area contributed by atoms with Gasteiger partial charge in [-0.25, -0.2) is 9.59 Å². The van der Waals surface area contributed by atoms with E-state index >= 15 is 0 Å². The smallest absolute Gasteiger partial charge is 0.409 e. The number of piperidine rings is 1. The third kappa shape index (κ3) is 6.23. The number of amides is 3. The molecule has 3 amide bonds. The average Bonchev–Trinajstić information content (AvgIpc) is 2.49. The fourth-order valence-corrected chi connectivity index (χ4v) is 2.47. The molecule has 1 saturated heterocycles. The summed E-state index contributed by atoms with van der Waals surface area (Å²) in [6, 6.07) is 0.0360. The molecule has 21 heavy (non-hydrogen) atoms. The van der Waals surface area contributed by atoms with E-state index in [9.17, 15) is 9.59 Å². The minimum absolute atomic E-state index is 0.100. The zero-order valence-corrected chi connectivity index (χ0v) is 13.5. The Morgan fingerprint density at radius 3 is 2.33 bits per heavy atom. The van der Waals surface area contributed by atoms with E-state index in [1.54, 1.807) is 11.8 Å². The maximum absolute atomic E-state index is 11.8. The van der Waals surface area contributed by atoms with Gasteiger partial charge >= 0.3 is 12.1 Å².